The van der Waals surface area contributed by atoms with Crippen LogP contribution in [0.4, 0.5) is 11.8 Å². The standard InChI is InChI=1S/C10H16N6O2/c1-11-10-15-8(12-3-6(17)4-18-2)7-9(16-10)14-5-13-7/h5-6,17H,3-4H2,1-2H3,(H3,11,12,13,14,15,16). The van der Waals surface area contributed by atoms with Gasteiger partial charge in [-0.05, 0) is 0 Å². The normalized spacial score (nSPS) is 12.6. The summed E-state index contributed by atoms with van der Waals surface area (Å²) in [5, 5.41) is 15.5. The molecule has 0 amide bonds. The van der Waals surface area contributed by atoms with Crippen molar-refractivity contribution in [2.24, 2.45) is 0 Å². The molecular weight excluding hydrogens is 236 g/mol. The van der Waals surface area contributed by atoms with Crippen LogP contribution in [0, 0.1) is 0 Å². The van der Waals surface area contributed by atoms with E-state index in [4.69, 9.17) is 4.74 Å². The molecule has 2 aromatic heterocycles. The zero-order chi connectivity index (χ0) is 13.0. The SMILES string of the molecule is CNc1nc(NCC(O)COC)c2[nH]cnc2n1. The predicted octanol–water partition coefficient (Wildman–Crippen LogP) is -0.186. The lowest BCUT2D eigenvalue weighted by molar-refractivity contribution is 0.0727. The summed E-state index contributed by atoms with van der Waals surface area (Å²) < 4.78 is 4.85. The van der Waals surface area contributed by atoms with Crippen molar-refractivity contribution in [3.63, 3.8) is 0 Å². The van der Waals surface area contributed by atoms with Gasteiger partial charge in [-0.15, -0.1) is 0 Å². The van der Waals surface area contributed by atoms with Crippen LogP contribution in [0.25, 0.3) is 11.2 Å². The van der Waals surface area contributed by atoms with Crippen molar-refractivity contribution in [2.75, 3.05) is 37.9 Å². The van der Waals surface area contributed by atoms with Crippen LogP contribution in [0.3, 0.4) is 0 Å². The molecule has 18 heavy (non-hydrogen) atoms. The van der Waals surface area contributed by atoms with Crippen molar-refractivity contribution in [3.05, 3.63) is 6.33 Å². The van der Waals surface area contributed by atoms with E-state index in [9.17, 15) is 5.11 Å². The van der Waals surface area contributed by atoms with Gasteiger partial charge in [0.05, 0.1) is 19.0 Å². The van der Waals surface area contributed by atoms with E-state index in [2.05, 4.69) is 30.6 Å². The number of nitrogens with one attached hydrogen (secondary N) is 3. The van der Waals surface area contributed by atoms with Gasteiger partial charge in [-0.2, -0.15) is 9.97 Å². The molecule has 2 rings (SSSR count). The number of rotatable bonds is 6. The Balaban J connectivity index is 2.18. The topological polar surface area (TPSA) is 108 Å². The van der Waals surface area contributed by atoms with Gasteiger partial charge in [0.2, 0.25) is 5.95 Å². The Labute approximate surface area is 104 Å². The lowest BCUT2D eigenvalue weighted by Crippen LogP contribution is -2.24. The minimum absolute atomic E-state index is 0.267. The number of nitrogens with zero attached hydrogens (tertiary/aromatic N) is 3. The summed E-state index contributed by atoms with van der Waals surface area (Å²) in [6.07, 6.45) is 0.955. The number of fused-ring (bicyclic) bond motifs is 1. The zero-order valence-corrected chi connectivity index (χ0v) is 10.3. The highest BCUT2D eigenvalue weighted by molar-refractivity contribution is 5.83. The van der Waals surface area contributed by atoms with Gasteiger partial charge in [0.15, 0.2) is 11.5 Å². The summed E-state index contributed by atoms with van der Waals surface area (Å²) in [6.45, 7) is 0.602. The maximum absolute atomic E-state index is 9.59. The Morgan fingerprint density at radius 1 is 1.50 bits per heavy atom. The molecule has 0 saturated carbocycles. The summed E-state index contributed by atoms with van der Waals surface area (Å²) in [4.78, 5) is 15.5. The number of aliphatic hydroxyl groups excluding tert-OH is 1. The summed E-state index contributed by atoms with van der Waals surface area (Å²) in [5.41, 5.74) is 1.27. The molecule has 1 atom stereocenters. The number of aromatic amines is 1. The smallest absolute Gasteiger partial charge is 0.226 e. The van der Waals surface area contributed by atoms with E-state index < -0.39 is 6.10 Å². The Hall–Kier alpha value is -1.93. The van der Waals surface area contributed by atoms with Gasteiger partial charge in [-0.25, -0.2) is 4.98 Å². The van der Waals surface area contributed by atoms with E-state index in [1.165, 1.54) is 0 Å². The van der Waals surface area contributed by atoms with E-state index in [0.29, 0.717) is 29.5 Å². The Bertz CT molecular complexity index is 514. The monoisotopic (exact) mass is 252 g/mol. The summed E-state index contributed by atoms with van der Waals surface area (Å²) in [6, 6.07) is 0. The second-order valence-electron chi connectivity index (χ2n) is 3.74. The predicted molar refractivity (Wildman–Crippen MR) is 67.6 cm³/mol. The van der Waals surface area contributed by atoms with Crippen LogP contribution in [-0.2, 0) is 4.74 Å². The van der Waals surface area contributed by atoms with Gasteiger partial charge in [0.1, 0.15) is 5.52 Å². The quantitative estimate of drug-likeness (QED) is 0.564. The van der Waals surface area contributed by atoms with Crippen LogP contribution in [-0.4, -0.2) is 58.5 Å². The van der Waals surface area contributed by atoms with E-state index in [1.54, 1.807) is 20.5 Å². The first kappa shape index (κ1) is 12.5. The molecular formula is C10H16N6O2. The van der Waals surface area contributed by atoms with Crippen molar-refractivity contribution in [1.82, 2.24) is 19.9 Å². The van der Waals surface area contributed by atoms with Gasteiger partial charge in [-0.1, -0.05) is 0 Å². The summed E-state index contributed by atoms with van der Waals surface area (Å²) in [5.74, 6) is 1.07. The third-order valence-corrected chi connectivity index (χ3v) is 2.37. The molecule has 8 heteroatoms. The molecule has 0 radical (unpaired) electrons. The average molecular weight is 252 g/mol. The van der Waals surface area contributed by atoms with Crippen molar-refractivity contribution in [1.29, 1.82) is 0 Å². The molecule has 8 nitrogen and oxygen atoms in total. The highest BCUT2D eigenvalue weighted by atomic mass is 16.5. The highest BCUT2D eigenvalue weighted by Gasteiger charge is 2.10. The number of imidazole rings is 1. The molecule has 98 valence electrons. The van der Waals surface area contributed by atoms with Gasteiger partial charge in [-0.3, -0.25) is 0 Å². The molecule has 4 N–H and O–H groups in total. The molecule has 0 saturated heterocycles. The fraction of sp³-hybridized carbons (Fsp3) is 0.500. The molecule has 0 fully saturated rings. The molecule has 0 aromatic carbocycles. The first-order valence-electron chi connectivity index (χ1n) is 5.54. The van der Waals surface area contributed by atoms with Crippen LogP contribution in [0.15, 0.2) is 6.33 Å². The number of aromatic nitrogens is 4. The summed E-state index contributed by atoms with van der Waals surface area (Å²) >= 11 is 0. The minimum atomic E-state index is -0.596. The maximum Gasteiger partial charge on any atom is 0.226 e. The number of anilines is 2. The molecule has 1 unspecified atom stereocenters. The molecule has 2 aromatic rings. The molecule has 0 aliphatic heterocycles. The zero-order valence-electron chi connectivity index (χ0n) is 10.3. The summed E-state index contributed by atoms with van der Waals surface area (Å²) in [7, 11) is 3.28. The fourth-order valence-corrected chi connectivity index (χ4v) is 1.54. The number of methoxy groups -OCH3 is 1. The second-order valence-corrected chi connectivity index (χ2v) is 3.74. The minimum Gasteiger partial charge on any atom is -0.389 e. The first-order valence-corrected chi connectivity index (χ1v) is 5.54. The van der Waals surface area contributed by atoms with Gasteiger partial charge < -0.3 is 25.5 Å². The average Bonchev–Trinajstić information content (AvgIpc) is 2.84. The van der Waals surface area contributed by atoms with Gasteiger partial charge in [0, 0.05) is 20.7 Å². The third kappa shape index (κ3) is 2.66. The Morgan fingerprint density at radius 2 is 2.33 bits per heavy atom. The number of H-pyrrole nitrogens is 1. The molecule has 0 bridgehead atoms. The van der Waals surface area contributed by atoms with Gasteiger partial charge >= 0.3 is 0 Å². The van der Waals surface area contributed by atoms with Crippen molar-refractivity contribution >= 4 is 22.9 Å². The van der Waals surface area contributed by atoms with Crippen LogP contribution in [0.5, 0.6) is 0 Å². The molecule has 2 heterocycles. The van der Waals surface area contributed by atoms with Crippen LogP contribution < -0.4 is 10.6 Å². The highest BCUT2D eigenvalue weighted by Crippen LogP contribution is 2.18. The van der Waals surface area contributed by atoms with E-state index in [1.807, 2.05) is 0 Å². The molecule has 0 spiro atoms. The Kier molecular flexibility index (Phi) is 3.90. The lowest BCUT2D eigenvalue weighted by Gasteiger charge is -2.12. The van der Waals surface area contributed by atoms with E-state index in [-0.39, 0.29) is 6.61 Å². The van der Waals surface area contributed by atoms with E-state index in [0.717, 1.165) is 0 Å². The molecule has 0 aliphatic carbocycles. The first-order chi connectivity index (χ1) is 8.74. The Morgan fingerprint density at radius 3 is 3.06 bits per heavy atom. The number of hydrogen-bond donors (Lipinski definition) is 4. The molecule has 0 aliphatic rings. The lowest BCUT2D eigenvalue weighted by atomic mass is 10.3. The van der Waals surface area contributed by atoms with Crippen LogP contribution in [0.2, 0.25) is 0 Å². The van der Waals surface area contributed by atoms with Crippen LogP contribution >= 0.6 is 0 Å². The largest absolute Gasteiger partial charge is 0.389 e. The van der Waals surface area contributed by atoms with Crippen molar-refractivity contribution < 1.29 is 9.84 Å². The van der Waals surface area contributed by atoms with Gasteiger partial charge in [0.25, 0.3) is 0 Å². The number of hydrogen-bond acceptors (Lipinski definition) is 7. The van der Waals surface area contributed by atoms with Crippen molar-refractivity contribution in [3.8, 4) is 0 Å². The fourth-order valence-electron chi connectivity index (χ4n) is 1.54. The van der Waals surface area contributed by atoms with Crippen molar-refractivity contribution in [2.45, 2.75) is 6.10 Å². The third-order valence-electron chi connectivity index (χ3n) is 2.37. The second kappa shape index (κ2) is 5.61. The number of ether oxygens (including phenoxy) is 1. The number of aliphatic hydroxyl groups is 1. The maximum atomic E-state index is 9.59. The van der Waals surface area contributed by atoms with Crippen LogP contribution in [0.1, 0.15) is 0 Å². The van der Waals surface area contributed by atoms with E-state index >= 15 is 0 Å².